The molecule has 6 nitrogen and oxygen atoms in total. The van der Waals surface area contributed by atoms with Crippen LogP contribution in [-0.2, 0) is 13.9 Å². The van der Waals surface area contributed by atoms with Crippen LogP contribution in [0.5, 0.6) is 0 Å². The minimum absolute atomic E-state index is 0.150. The van der Waals surface area contributed by atoms with Crippen molar-refractivity contribution >= 4 is 15.0 Å². The zero-order valence-corrected chi connectivity index (χ0v) is 20.9. The van der Waals surface area contributed by atoms with Crippen molar-refractivity contribution < 1.29 is 28.5 Å². The molecule has 0 aromatic carbocycles. The third-order valence-electron chi connectivity index (χ3n) is 4.40. The van der Waals surface area contributed by atoms with Gasteiger partial charge in [-0.25, -0.2) is 0 Å². The molecule has 0 radical (unpaired) electrons. The van der Waals surface area contributed by atoms with Crippen molar-refractivity contribution in [1.29, 1.82) is 0 Å². The van der Waals surface area contributed by atoms with E-state index in [-0.39, 0.29) is 6.61 Å². The van der Waals surface area contributed by atoms with Gasteiger partial charge in [0.05, 0.1) is 6.61 Å². The van der Waals surface area contributed by atoms with Crippen LogP contribution in [0.4, 0.5) is 0 Å². The Morgan fingerprint density at radius 2 is 1.17 bits per heavy atom. The fourth-order valence-corrected chi connectivity index (χ4v) is 5.73. The number of ether oxygens (including phenoxy) is 1. The van der Waals surface area contributed by atoms with E-state index in [1.807, 2.05) is 13.0 Å². The van der Waals surface area contributed by atoms with E-state index in [4.69, 9.17) is 14.5 Å². The number of hydrogen-bond donors (Lipinski definition) is 3. The highest BCUT2D eigenvalue weighted by Gasteiger charge is 2.29. The third-order valence-corrected chi connectivity index (χ3v) is 8.23. The minimum atomic E-state index is -4.52. The van der Waals surface area contributed by atoms with Gasteiger partial charge in [0.2, 0.25) is 7.37 Å². The average molecular weight is 463 g/mol. The van der Waals surface area contributed by atoms with Crippen molar-refractivity contribution in [2.24, 2.45) is 0 Å². The fourth-order valence-electron chi connectivity index (χ4n) is 2.71. The molecule has 0 saturated heterocycles. The molecule has 30 heavy (non-hydrogen) atoms. The lowest BCUT2D eigenvalue weighted by Crippen LogP contribution is -2.00. The summed E-state index contributed by atoms with van der Waals surface area (Å²) in [7, 11) is -8.49. The smallest absolute Gasteiger partial charge is 0.335 e. The van der Waals surface area contributed by atoms with Crippen LogP contribution in [0.3, 0.4) is 0 Å². The van der Waals surface area contributed by atoms with Gasteiger partial charge in [-0.05, 0) is 73.1 Å². The molecule has 0 bridgehead atoms. The molecular weight excluding hydrogens is 422 g/mol. The molecule has 0 fully saturated rings. The summed E-state index contributed by atoms with van der Waals surface area (Å²) in [5.74, 6) is -1.04. The summed E-state index contributed by atoms with van der Waals surface area (Å²) in [5.41, 5.74) is 5.28. The second kappa shape index (κ2) is 15.1. The van der Waals surface area contributed by atoms with Crippen LogP contribution in [0.2, 0.25) is 0 Å². The van der Waals surface area contributed by atoms with E-state index in [1.54, 1.807) is 0 Å². The highest BCUT2D eigenvalue weighted by Crippen LogP contribution is 2.54. The van der Waals surface area contributed by atoms with Crippen LogP contribution in [-0.4, -0.2) is 33.5 Å². The predicted octanol–water partition coefficient (Wildman–Crippen LogP) is 6.51. The highest BCUT2D eigenvalue weighted by atomic mass is 31.2. The second-order valence-corrected chi connectivity index (χ2v) is 12.6. The first-order chi connectivity index (χ1) is 13.8. The van der Waals surface area contributed by atoms with Crippen LogP contribution in [0, 0.1) is 0 Å². The molecule has 0 rings (SSSR count). The van der Waals surface area contributed by atoms with Crippen LogP contribution < -0.4 is 0 Å². The maximum atomic E-state index is 11.6. The summed E-state index contributed by atoms with van der Waals surface area (Å²) >= 11 is 0. The van der Waals surface area contributed by atoms with Crippen molar-refractivity contribution in [2.45, 2.75) is 73.1 Å². The molecule has 0 aliphatic carbocycles. The molecule has 8 heteroatoms. The Balaban J connectivity index is 4.13. The van der Waals surface area contributed by atoms with Crippen molar-refractivity contribution in [3.63, 3.8) is 0 Å². The largest absolute Gasteiger partial charge is 0.367 e. The lowest BCUT2D eigenvalue weighted by Gasteiger charge is -2.12. The number of hydrogen-bond acceptors (Lipinski definition) is 3. The third kappa shape index (κ3) is 19.2. The van der Waals surface area contributed by atoms with Crippen molar-refractivity contribution in [2.75, 3.05) is 18.9 Å². The van der Waals surface area contributed by atoms with Gasteiger partial charge in [0, 0.05) is 0 Å². The van der Waals surface area contributed by atoms with Crippen LogP contribution >= 0.6 is 15.0 Å². The van der Waals surface area contributed by atoms with Gasteiger partial charge in [-0.3, -0.25) is 9.13 Å². The quantitative estimate of drug-likeness (QED) is 0.146. The maximum absolute atomic E-state index is 11.6. The van der Waals surface area contributed by atoms with E-state index >= 15 is 0 Å². The summed E-state index contributed by atoms with van der Waals surface area (Å²) < 4.78 is 27.5. The summed E-state index contributed by atoms with van der Waals surface area (Å²) in [6.07, 6.45) is 14.2. The summed E-state index contributed by atoms with van der Waals surface area (Å²) in [6.45, 7) is 10.7. The Morgan fingerprint density at radius 3 is 1.60 bits per heavy atom. The topological polar surface area (TPSA) is 104 Å². The van der Waals surface area contributed by atoms with E-state index in [2.05, 4.69) is 45.9 Å². The molecule has 0 aliphatic rings. The van der Waals surface area contributed by atoms with Gasteiger partial charge in [0.1, 0.15) is 12.3 Å². The van der Waals surface area contributed by atoms with Gasteiger partial charge in [-0.2, -0.15) is 0 Å². The Kier molecular flexibility index (Phi) is 14.8. The van der Waals surface area contributed by atoms with Crippen molar-refractivity contribution in [1.82, 2.24) is 0 Å². The molecule has 3 N–H and O–H groups in total. The van der Waals surface area contributed by atoms with Crippen molar-refractivity contribution in [3.05, 3.63) is 46.6 Å². The highest BCUT2D eigenvalue weighted by molar-refractivity contribution is 7.72. The first kappa shape index (κ1) is 29.3. The zero-order chi connectivity index (χ0) is 23.2. The molecule has 0 amide bonds. The van der Waals surface area contributed by atoms with Gasteiger partial charge in [-0.1, -0.05) is 46.6 Å². The van der Waals surface area contributed by atoms with Gasteiger partial charge in [0.25, 0.3) is 0 Å². The lowest BCUT2D eigenvalue weighted by molar-refractivity contribution is 0.199. The van der Waals surface area contributed by atoms with Crippen LogP contribution in [0.25, 0.3) is 0 Å². The van der Waals surface area contributed by atoms with Gasteiger partial charge in [0.15, 0.2) is 0 Å². The predicted molar refractivity (Wildman–Crippen MR) is 126 cm³/mol. The number of rotatable bonds is 15. The Morgan fingerprint density at radius 1 is 0.733 bits per heavy atom. The lowest BCUT2D eigenvalue weighted by atomic mass is 10.0. The van der Waals surface area contributed by atoms with E-state index in [9.17, 15) is 14.0 Å². The molecule has 174 valence electrons. The molecule has 0 saturated carbocycles. The minimum Gasteiger partial charge on any atom is -0.367 e. The first-order valence-corrected chi connectivity index (χ1v) is 14.2. The van der Waals surface area contributed by atoms with Gasteiger partial charge < -0.3 is 19.4 Å². The zero-order valence-electron chi connectivity index (χ0n) is 19.1. The average Bonchev–Trinajstić information content (AvgIpc) is 2.56. The monoisotopic (exact) mass is 462 g/mol. The standard InChI is InChI=1S/C22H40O6P2/c1-19(2)9-6-10-20(3)11-7-12-21(4)13-8-14-22(5)15-16-28-17-29(23,24)18-30(25,26)27/h9,11,13,15H,6-8,10,12,14,16-18H2,1-5H3,(H,23,24)(H2,25,26,27)/b20-11-,21-13-,22-15-. The molecule has 0 spiro atoms. The van der Waals surface area contributed by atoms with E-state index < -0.39 is 27.2 Å². The van der Waals surface area contributed by atoms with Crippen LogP contribution in [0.1, 0.15) is 73.1 Å². The summed E-state index contributed by atoms with van der Waals surface area (Å²) in [5, 5.41) is 0. The first-order valence-electron chi connectivity index (χ1n) is 10.3. The Labute approximate surface area is 182 Å². The fraction of sp³-hybridized carbons (Fsp3) is 0.636. The van der Waals surface area contributed by atoms with Crippen molar-refractivity contribution in [3.8, 4) is 0 Å². The Hall–Kier alpha value is -0.740. The van der Waals surface area contributed by atoms with E-state index in [0.717, 1.165) is 44.1 Å². The maximum Gasteiger partial charge on any atom is 0.335 e. The summed E-state index contributed by atoms with van der Waals surface area (Å²) in [4.78, 5) is 27.0. The van der Waals surface area contributed by atoms with Crippen LogP contribution in [0.15, 0.2) is 46.6 Å². The van der Waals surface area contributed by atoms with Gasteiger partial charge >= 0.3 is 7.60 Å². The number of allylic oxidation sites excluding steroid dienone is 7. The molecule has 1 unspecified atom stereocenters. The molecule has 1 atom stereocenters. The molecule has 0 aliphatic heterocycles. The Bertz CT molecular complexity index is 724. The van der Waals surface area contributed by atoms with Gasteiger partial charge in [-0.15, -0.1) is 0 Å². The molecule has 0 heterocycles. The normalized spacial score (nSPS) is 15.8. The molecule has 0 aromatic rings. The second-order valence-electron chi connectivity index (χ2n) is 8.20. The SMILES string of the molecule is CC(C)=CCC/C(C)=C\CC/C(C)=C\CC/C(C)=C\COCP(=O)(O)CP(=O)(O)O. The summed E-state index contributed by atoms with van der Waals surface area (Å²) in [6, 6.07) is 0. The molecule has 0 aromatic heterocycles. The molecular formula is C22H40O6P2. The van der Waals surface area contributed by atoms with E-state index in [0.29, 0.717) is 0 Å². The van der Waals surface area contributed by atoms with E-state index in [1.165, 1.54) is 16.7 Å².